The highest BCUT2D eigenvalue weighted by Crippen LogP contribution is 2.67. The number of ether oxygens (including phenoxy) is 4. The van der Waals surface area contributed by atoms with E-state index in [1.165, 1.54) is 26.3 Å². The maximum Gasteiger partial charge on any atom is 0.331 e. The number of carbonyl (C=O) groups is 3. The van der Waals surface area contributed by atoms with Gasteiger partial charge in [0.15, 0.2) is 0 Å². The first-order valence-electron chi connectivity index (χ1n) is 15.1. The molecule has 3 aliphatic rings. The number of aliphatic hydroxyl groups is 1. The first-order valence-corrected chi connectivity index (χ1v) is 15.1. The lowest BCUT2D eigenvalue weighted by Crippen LogP contribution is -2.63. The molecule has 2 aliphatic carbocycles. The summed E-state index contributed by atoms with van der Waals surface area (Å²) in [6.45, 7) is 14.8. The normalized spacial score (nSPS) is 34.5. The van der Waals surface area contributed by atoms with Gasteiger partial charge in [0.2, 0.25) is 12.6 Å². The standard InChI is InChI=1S/C34H48O8/c1-8-10-11-12-13-14-15-16-30(38)41-26-20-27-31(39-24(5)35)42-32(40-25(6)36)34(27)28(21-26)33(7,18-17-22(3)9-2)23(4)19-29(34)37/h9,13-17,20,23,26,28-29,31-32,37H,2,8,10-12,18-19,21H2,1,3-7H3. The van der Waals surface area contributed by atoms with Crippen LogP contribution in [0, 0.1) is 22.7 Å². The molecule has 3 rings (SSSR count). The number of unbranched alkanes of at least 4 members (excludes halogenated alkanes) is 3. The lowest BCUT2D eigenvalue weighted by molar-refractivity contribution is -0.253. The Bertz CT molecular complexity index is 1130. The van der Waals surface area contributed by atoms with Crippen molar-refractivity contribution in [1.29, 1.82) is 0 Å². The van der Waals surface area contributed by atoms with Crippen molar-refractivity contribution in [3.8, 4) is 0 Å². The molecule has 0 aromatic heterocycles. The minimum Gasteiger partial charge on any atom is -0.455 e. The lowest BCUT2D eigenvalue weighted by atomic mass is 9.45. The fourth-order valence-electron chi connectivity index (χ4n) is 6.88. The molecule has 232 valence electrons. The first kappa shape index (κ1) is 33.5. The second kappa shape index (κ2) is 14.5. The van der Waals surface area contributed by atoms with E-state index < -0.39 is 53.5 Å². The van der Waals surface area contributed by atoms with Gasteiger partial charge in [-0.05, 0) is 62.4 Å². The van der Waals surface area contributed by atoms with Gasteiger partial charge in [-0.15, -0.1) is 0 Å². The van der Waals surface area contributed by atoms with Gasteiger partial charge in [0, 0.05) is 25.5 Å². The summed E-state index contributed by atoms with van der Waals surface area (Å²) in [5.74, 6) is -1.98. The Morgan fingerprint density at radius 1 is 1.10 bits per heavy atom. The number of hydrogen-bond acceptors (Lipinski definition) is 8. The Kier molecular flexibility index (Phi) is 11.6. The summed E-state index contributed by atoms with van der Waals surface area (Å²) in [5, 5.41) is 11.8. The summed E-state index contributed by atoms with van der Waals surface area (Å²) in [6.07, 6.45) is 14.3. The molecule has 0 aromatic carbocycles. The summed E-state index contributed by atoms with van der Waals surface area (Å²) in [5.41, 5.74) is -0.142. The Morgan fingerprint density at radius 2 is 1.81 bits per heavy atom. The summed E-state index contributed by atoms with van der Waals surface area (Å²) in [4.78, 5) is 37.2. The quantitative estimate of drug-likeness (QED) is 0.0715. The van der Waals surface area contributed by atoms with Crippen LogP contribution in [0.2, 0.25) is 0 Å². The Morgan fingerprint density at radius 3 is 2.45 bits per heavy atom. The highest BCUT2D eigenvalue weighted by Gasteiger charge is 2.71. The van der Waals surface area contributed by atoms with Gasteiger partial charge < -0.3 is 19.3 Å². The zero-order chi connectivity index (χ0) is 31.1. The van der Waals surface area contributed by atoms with E-state index >= 15 is 0 Å². The molecule has 2 fully saturated rings. The number of allylic oxidation sites excluding steroid dienone is 6. The van der Waals surface area contributed by atoms with Crippen LogP contribution in [0.25, 0.3) is 0 Å². The van der Waals surface area contributed by atoms with Crippen molar-refractivity contribution in [2.45, 2.75) is 111 Å². The molecule has 1 heterocycles. The second-order valence-corrected chi connectivity index (χ2v) is 12.1. The van der Waals surface area contributed by atoms with Crippen LogP contribution in [0.5, 0.6) is 0 Å². The SMILES string of the molecule is C=CC(C)=CCC1(C)C(C)CC(O)C23C(=CC(OC(=O)C=CC=CCCCCC)CC12)C(OC(C)=O)OC3OC(C)=O. The van der Waals surface area contributed by atoms with Crippen LogP contribution in [-0.4, -0.2) is 47.8 Å². The van der Waals surface area contributed by atoms with E-state index in [2.05, 4.69) is 33.4 Å². The largest absolute Gasteiger partial charge is 0.455 e. The van der Waals surface area contributed by atoms with E-state index in [1.54, 1.807) is 18.2 Å². The van der Waals surface area contributed by atoms with Crippen LogP contribution >= 0.6 is 0 Å². The van der Waals surface area contributed by atoms with Crippen LogP contribution in [0.4, 0.5) is 0 Å². The van der Waals surface area contributed by atoms with Gasteiger partial charge in [0.1, 0.15) is 6.10 Å². The zero-order valence-electron chi connectivity index (χ0n) is 26.0. The molecule has 1 spiro atoms. The average Bonchev–Trinajstić information content (AvgIpc) is 3.21. The summed E-state index contributed by atoms with van der Waals surface area (Å²) in [7, 11) is 0. The molecule has 8 atom stereocenters. The third kappa shape index (κ3) is 7.14. The van der Waals surface area contributed by atoms with Crippen molar-refractivity contribution in [3.05, 3.63) is 60.3 Å². The maximum absolute atomic E-state index is 12.9. The summed E-state index contributed by atoms with van der Waals surface area (Å²) in [6, 6.07) is 0. The molecule has 1 N–H and O–H groups in total. The van der Waals surface area contributed by atoms with E-state index in [9.17, 15) is 19.5 Å². The Labute approximate surface area is 250 Å². The fraction of sp³-hybridized carbons (Fsp3) is 0.618. The van der Waals surface area contributed by atoms with Gasteiger partial charge in [-0.25, -0.2) is 4.79 Å². The zero-order valence-corrected chi connectivity index (χ0v) is 26.0. The number of esters is 3. The highest BCUT2D eigenvalue weighted by molar-refractivity contribution is 5.82. The van der Waals surface area contributed by atoms with Gasteiger partial charge in [0.25, 0.3) is 0 Å². The van der Waals surface area contributed by atoms with E-state index in [4.69, 9.17) is 18.9 Å². The third-order valence-electron chi connectivity index (χ3n) is 9.30. The van der Waals surface area contributed by atoms with Crippen LogP contribution in [0.1, 0.15) is 86.5 Å². The Balaban J connectivity index is 2.05. The van der Waals surface area contributed by atoms with Gasteiger partial charge >= 0.3 is 17.9 Å². The molecule has 8 unspecified atom stereocenters. The van der Waals surface area contributed by atoms with E-state index in [-0.39, 0.29) is 11.8 Å². The number of carbonyl (C=O) groups excluding carboxylic acids is 3. The van der Waals surface area contributed by atoms with Crippen molar-refractivity contribution < 1.29 is 38.4 Å². The monoisotopic (exact) mass is 584 g/mol. The molecule has 0 radical (unpaired) electrons. The van der Waals surface area contributed by atoms with Crippen LogP contribution in [-0.2, 0) is 33.3 Å². The number of rotatable bonds is 12. The van der Waals surface area contributed by atoms with Crippen LogP contribution in [0.15, 0.2) is 60.3 Å². The summed E-state index contributed by atoms with van der Waals surface area (Å²) >= 11 is 0. The van der Waals surface area contributed by atoms with E-state index in [0.717, 1.165) is 24.8 Å². The van der Waals surface area contributed by atoms with Crippen molar-refractivity contribution in [2.24, 2.45) is 22.7 Å². The molecule has 8 nitrogen and oxygen atoms in total. The molecular formula is C34H48O8. The minimum absolute atomic E-state index is 0.0520. The van der Waals surface area contributed by atoms with Gasteiger partial charge in [-0.3, -0.25) is 14.3 Å². The van der Waals surface area contributed by atoms with Crippen LogP contribution < -0.4 is 0 Å². The van der Waals surface area contributed by atoms with Crippen molar-refractivity contribution in [1.82, 2.24) is 0 Å². The van der Waals surface area contributed by atoms with Crippen molar-refractivity contribution in [3.63, 3.8) is 0 Å². The van der Waals surface area contributed by atoms with Gasteiger partial charge in [-0.1, -0.05) is 76.1 Å². The number of hydrogen-bond donors (Lipinski definition) is 1. The van der Waals surface area contributed by atoms with Gasteiger partial charge in [0.05, 0.1) is 11.5 Å². The first-order chi connectivity index (χ1) is 19.9. The van der Waals surface area contributed by atoms with Gasteiger partial charge in [-0.2, -0.15) is 0 Å². The average molecular weight is 585 g/mol. The molecule has 0 amide bonds. The molecule has 1 saturated heterocycles. The van der Waals surface area contributed by atoms with Crippen molar-refractivity contribution in [2.75, 3.05) is 0 Å². The van der Waals surface area contributed by atoms with E-state index in [1.807, 2.05) is 19.1 Å². The summed E-state index contributed by atoms with van der Waals surface area (Å²) < 4.78 is 23.3. The topological polar surface area (TPSA) is 108 Å². The highest BCUT2D eigenvalue weighted by atomic mass is 16.8. The third-order valence-corrected chi connectivity index (χ3v) is 9.30. The molecule has 1 aliphatic heterocycles. The molecule has 0 aromatic rings. The predicted octanol–water partition coefficient (Wildman–Crippen LogP) is 6.26. The molecule has 8 heteroatoms. The molecule has 1 saturated carbocycles. The van der Waals surface area contributed by atoms with Crippen LogP contribution in [0.3, 0.4) is 0 Å². The molecular weight excluding hydrogens is 536 g/mol. The second-order valence-electron chi connectivity index (χ2n) is 12.1. The number of aliphatic hydroxyl groups excluding tert-OH is 1. The molecule has 0 bridgehead atoms. The Hall–Kier alpha value is -2.97. The predicted molar refractivity (Wildman–Crippen MR) is 160 cm³/mol. The van der Waals surface area contributed by atoms with Crippen molar-refractivity contribution >= 4 is 17.9 Å². The lowest BCUT2D eigenvalue weighted by Gasteiger charge is -2.60. The maximum atomic E-state index is 12.9. The minimum atomic E-state index is -1.20. The van der Waals surface area contributed by atoms with E-state index in [0.29, 0.717) is 24.8 Å². The smallest absolute Gasteiger partial charge is 0.331 e. The fourth-order valence-corrected chi connectivity index (χ4v) is 6.88. The molecule has 42 heavy (non-hydrogen) atoms.